The summed E-state index contributed by atoms with van der Waals surface area (Å²) in [6, 6.07) is 2.28. The van der Waals surface area contributed by atoms with E-state index in [-0.39, 0.29) is 17.7 Å². The number of carbonyl (C=O) groups is 1. The molecule has 1 heterocycles. The highest BCUT2D eigenvalue weighted by Gasteiger charge is 2.26. The van der Waals surface area contributed by atoms with E-state index in [4.69, 9.17) is 11.5 Å². The maximum absolute atomic E-state index is 13.7. The number of fused-ring (bicyclic) bond motifs is 1. The lowest BCUT2D eigenvalue weighted by molar-refractivity contribution is -0.122. The lowest BCUT2D eigenvalue weighted by atomic mass is 10.0. The summed E-state index contributed by atoms with van der Waals surface area (Å²) < 4.78 is 15.7. The highest BCUT2D eigenvalue weighted by atomic mass is 127. The number of hydrogen-bond donors (Lipinski definition) is 2. The van der Waals surface area contributed by atoms with Gasteiger partial charge >= 0.3 is 0 Å². The zero-order chi connectivity index (χ0) is 14.3. The van der Waals surface area contributed by atoms with Crippen LogP contribution in [0.4, 0.5) is 10.3 Å². The minimum Gasteiger partial charge on any atom is -0.369 e. The molecule has 7 heteroatoms. The third-order valence-corrected chi connectivity index (χ3v) is 3.79. The average Bonchev–Trinajstić information content (AvgIpc) is 2.56. The third-order valence-electron chi connectivity index (χ3n) is 2.96. The molecule has 102 valence electrons. The number of amides is 1. The van der Waals surface area contributed by atoms with Gasteiger partial charge < -0.3 is 11.5 Å². The van der Waals surface area contributed by atoms with E-state index in [0.29, 0.717) is 14.6 Å². The summed E-state index contributed by atoms with van der Waals surface area (Å²) >= 11 is 1.88. The number of nitrogens with two attached hydrogens (primary N) is 2. The molecule has 19 heavy (non-hydrogen) atoms. The van der Waals surface area contributed by atoms with Gasteiger partial charge in [0.1, 0.15) is 11.9 Å². The van der Waals surface area contributed by atoms with Gasteiger partial charge in [-0.05, 0) is 34.6 Å². The summed E-state index contributed by atoms with van der Waals surface area (Å²) in [4.78, 5) is 15.8. The van der Waals surface area contributed by atoms with Gasteiger partial charge in [0.25, 0.3) is 0 Å². The van der Waals surface area contributed by atoms with E-state index in [9.17, 15) is 9.18 Å². The van der Waals surface area contributed by atoms with Crippen LogP contribution in [0, 0.1) is 15.3 Å². The molecule has 0 saturated carbocycles. The molecular formula is C12H14FIN4O. The molecule has 1 atom stereocenters. The van der Waals surface area contributed by atoms with Crippen LogP contribution in [0.5, 0.6) is 0 Å². The quantitative estimate of drug-likeness (QED) is 0.804. The second-order valence-corrected chi connectivity index (χ2v) is 5.85. The Hall–Kier alpha value is -1.38. The molecule has 0 spiro atoms. The van der Waals surface area contributed by atoms with Gasteiger partial charge in [-0.25, -0.2) is 9.37 Å². The van der Waals surface area contributed by atoms with Crippen molar-refractivity contribution in [2.45, 2.75) is 19.9 Å². The van der Waals surface area contributed by atoms with Crippen molar-refractivity contribution in [3.05, 3.63) is 21.5 Å². The number of aromatic nitrogens is 2. The molecule has 0 radical (unpaired) electrons. The van der Waals surface area contributed by atoms with Crippen LogP contribution < -0.4 is 11.5 Å². The van der Waals surface area contributed by atoms with Gasteiger partial charge in [-0.3, -0.25) is 9.36 Å². The van der Waals surface area contributed by atoms with E-state index in [2.05, 4.69) is 4.98 Å². The highest BCUT2D eigenvalue weighted by molar-refractivity contribution is 14.1. The largest absolute Gasteiger partial charge is 0.369 e. The van der Waals surface area contributed by atoms with Crippen molar-refractivity contribution in [2.24, 2.45) is 11.7 Å². The van der Waals surface area contributed by atoms with Gasteiger partial charge in [0.2, 0.25) is 11.9 Å². The SMILES string of the molecule is CC(C)C(C(N)=O)n1c(N)nc2cc(I)c(F)cc21. The van der Waals surface area contributed by atoms with E-state index >= 15 is 0 Å². The predicted octanol–water partition coefficient (Wildman–Crippen LogP) is 2.04. The molecule has 2 rings (SSSR count). The van der Waals surface area contributed by atoms with Gasteiger partial charge in [0, 0.05) is 6.07 Å². The monoisotopic (exact) mass is 376 g/mol. The van der Waals surface area contributed by atoms with Crippen molar-refractivity contribution < 1.29 is 9.18 Å². The molecule has 1 aromatic heterocycles. The minimum atomic E-state index is -0.649. The van der Waals surface area contributed by atoms with E-state index in [1.54, 1.807) is 6.07 Å². The zero-order valence-electron chi connectivity index (χ0n) is 10.5. The van der Waals surface area contributed by atoms with Crippen LogP contribution >= 0.6 is 22.6 Å². The predicted molar refractivity (Wildman–Crippen MR) is 79.9 cm³/mol. The summed E-state index contributed by atoms with van der Waals surface area (Å²) in [7, 11) is 0. The van der Waals surface area contributed by atoms with Gasteiger partial charge in [-0.2, -0.15) is 0 Å². The fourth-order valence-corrected chi connectivity index (χ4v) is 2.61. The number of anilines is 1. The van der Waals surface area contributed by atoms with Crippen molar-refractivity contribution >= 4 is 45.5 Å². The van der Waals surface area contributed by atoms with E-state index in [1.807, 2.05) is 36.4 Å². The molecule has 0 aliphatic rings. The molecular weight excluding hydrogens is 362 g/mol. The third kappa shape index (κ3) is 2.38. The van der Waals surface area contributed by atoms with Crippen molar-refractivity contribution in [2.75, 3.05) is 5.73 Å². The maximum Gasteiger partial charge on any atom is 0.240 e. The van der Waals surface area contributed by atoms with Crippen LogP contribution in [0.15, 0.2) is 12.1 Å². The standard InChI is InChI=1S/C12H14FIN4O/c1-5(2)10(11(15)19)18-9-3-6(13)7(14)4-8(9)17-12(18)16/h3-5,10H,1-2H3,(H2,15,19)(H2,16,17). The Morgan fingerprint density at radius 2 is 2.11 bits per heavy atom. The molecule has 0 saturated heterocycles. The fraction of sp³-hybridized carbons (Fsp3) is 0.333. The highest BCUT2D eigenvalue weighted by Crippen LogP contribution is 2.29. The maximum atomic E-state index is 13.7. The Morgan fingerprint density at radius 1 is 1.47 bits per heavy atom. The van der Waals surface area contributed by atoms with Gasteiger partial charge in [0.05, 0.1) is 14.6 Å². The first-order chi connectivity index (χ1) is 8.82. The second-order valence-electron chi connectivity index (χ2n) is 4.69. The van der Waals surface area contributed by atoms with E-state index in [0.717, 1.165) is 0 Å². The summed E-state index contributed by atoms with van der Waals surface area (Å²) in [6.07, 6.45) is 0. The van der Waals surface area contributed by atoms with Gasteiger partial charge in [-0.1, -0.05) is 13.8 Å². The molecule has 5 nitrogen and oxygen atoms in total. The minimum absolute atomic E-state index is 0.0699. The van der Waals surface area contributed by atoms with Crippen molar-refractivity contribution in [3.63, 3.8) is 0 Å². The Kier molecular flexibility index (Phi) is 3.66. The van der Waals surface area contributed by atoms with Crippen molar-refractivity contribution in [1.29, 1.82) is 0 Å². The molecule has 1 aromatic carbocycles. The summed E-state index contributed by atoms with van der Waals surface area (Å²) in [5.41, 5.74) is 12.3. The molecule has 1 unspecified atom stereocenters. The summed E-state index contributed by atoms with van der Waals surface area (Å²) in [5.74, 6) is -0.797. The molecule has 0 fully saturated rings. The van der Waals surface area contributed by atoms with E-state index < -0.39 is 11.9 Å². The molecule has 0 aliphatic carbocycles. The average molecular weight is 376 g/mol. The Labute approximate surface area is 123 Å². The zero-order valence-corrected chi connectivity index (χ0v) is 12.7. The first kappa shape index (κ1) is 14.0. The van der Waals surface area contributed by atoms with Crippen LogP contribution in [-0.4, -0.2) is 15.5 Å². The number of primary amides is 1. The van der Waals surface area contributed by atoms with Crippen molar-refractivity contribution in [1.82, 2.24) is 9.55 Å². The number of halogens is 2. The fourth-order valence-electron chi connectivity index (χ4n) is 2.16. The lowest BCUT2D eigenvalue weighted by Crippen LogP contribution is -2.31. The number of rotatable bonds is 3. The van der Waals surface area contributed by atoms with Crippen LogP contribution in [0.25, 0.3) is 11.0 Å². The first-order valence-electron chi connectivity index (χ1n) is 5.74. The van der Waals surface area contributed by atoms with Crippen LogP contribution in [0.2, 0.25) is 0 Å². The number of imidazole rings is 1. The summed E-state index contributed by atoms with van der Waals surface area (Å²) in [5, 5.41) is 0. The second kappa shape index (κ2) is 4.95. The molecule has 0 aliphatic heterocycles. The van der Waals surface area contributed by atoms with Crippen LogP contribution in [0.3, 0.4) is 0 Å². The van der Waals surface area contributed by atoms with Gasteiger partial charge in [-0.15, -0.1) is 0 Å². The Morgan fingerprint density at radius 3 is 2.63 bits per heavy atom. The summed E-state index contributed by atoms with van der Waals surface area (Å²) in [6.45, 7) is 3.70. The smallest absolute Gasteiger partial charge is 0.240 e. The molecule has 1 amide bonds. The Balaban J connectivity index is 2.75. The number of hydrogen-bond acceptors (Lipinski definition) is 3. The molecule has 2 aromatic rings. The number of nitrogens with zero attached hydrogens (tertiary/aromatic N) is 2. The normalized spacial score (nSPS) is 13.1. The number of benzene rings is 1. The number of carbonyl (C=O) groups excluding carboxylic acids is 1. The van der Waals surface area contributed by atoms with Crippen molar-refractivity contribution in [3.8, 4) is 0 Å². The topological polar surface area (TPSA) is 86.9 Å². The van der Waals surface area contributed by atoms with Crippen LogP contribution in [-0.2, 0) is 4.79 Å². The van der Waals surface area contributed by atoms with Crippen LogP contribution in [0.1, 0.15) is 19.9 Å². The number of nitrogen functional groups attached to an aromatic ring is 1. The van der Waals surface area contributed by atoms with Gasteiger partial charge in [0.15, 0.2) is 0 Å². The molecule has 0 bridgehead atoms. The molecule has 4 N–H and O–H groups in total. The van der Waals surface area contributed by atoms with E-state index in [1.165, 1.54) is 10.6 Å². The first-order valence-corrected chi connectivity index (χ1v) is 6.82. The lowest BCUT2D eigenvalue weighted by Gasteiger charge is -2.20. The Bertz CT molecular complexity index is 653.